The highest BCUT2D eigenvalue weighted by atomic mass is 16.5. The van der Waals surface area contributed by atoms with Gasteiger partial charge in [-0.05, 0) is 75.6 Å². The number of hydrogen-bond acceptors (Lipinski definition) is 7. The van der Waals surface area contributed by atoms with Crippen LogP contribution in [0.5, 0.6) is 0 Å². The lowest BCUT2D eigenvalue weighted by Gasteiger charge is -2.30. The molecule has 3 unspecified atom stereocenters. The fourth-order valence-electron chi connectivity index (χ4n) is 6.87. The molecule has 2 N–H and O–H groups in total. The second-order valence-corrected chi connectivity index (χ2v) is 12.8. The van der Waals surface area contributed by atoms with Gasteiger partial charge in [-0.15, -0.1) is 0 Å². The number of fused-ring (bicyclic) bond motifs is 1. The fraction of sp³-hybridized carbons (Fsp3) is 0.714. The number of rotatable bonds is 22. The molecule has 0 radical (unpaired) electrons. The number of carbonyl (C=O) groups is 4. The fourth-order valence-corrected chi connectivity index (χ4v) is 6.87. The van der Waals surface area contributed by atoms with Crippen LogP contribution in [0.25, 0.3) is 0 Å². The standard InChI is InChI=1S/C35H57N5O5/c1-36-34(43)32(17-14-24-41)40(27-42)31-21-18-28(25-33(31)38(2)3)15-11-9-7-5-4-6-8-10-12-22-37-35(44)45-26-30-20-19-29-16-13-23-39(29)30/h18,21,24-25,27,29-30,32H,4-17,19-20,22-23,26H2,1-3H3,(H,36,43)(H,37,44). The molecule has 2 saturated heterocycles. The molecular weight excluding hydrogens is 570 g/mol. The molecule has 2 heterocycles. The number of hydrogen-bond donors (Lipinski definition) is 2. The Hall–Kier alpha value is -3.14. The highest BCUT2D eigenvalue weighted by molar-refractivity contribution is 5.95. The number of alkyl carbamates (subject to hydrolysis) is 1. The zero-order chi connectivity index (χ0) is 32.4. The van der Waals surface area contributed by atoms with Gasteiger partial charge in [0, 0.05) is 46.2 Å². The number of benzene rings is 1. The van der Waals surface area contributed by atoms with Gasteiger partial charge in [0.05, 0.1) is 11.4 Å². The van der Waals surface area contributed by atoms with Crippen molar-refractivity contribution in [3.8, 4) is 0 Å². The van der Waals surface area contributed by atoms with Gasteiger partial charge < -0.3 is 30.0 Å². The van der Waals surface area contributed by atoms with Crippen LogP contribution >= 0.6 is 0 Å². The first-order chi connectivity index (χ1) is 21.9. The first kappa shape index (κ1) is 36.3. The van der Waals surface area contributed by atoms with E-state index in [1.165, 1.54) is 75.3 Å². The minimum Gasteiger partial charge on any atom is -0.448 e. The highest BCUT2D eigenvalue weighted by Crippen LogP contribution is 2.33. The molecule has 0 aromatic heterocycles. The van der Waals surface area contributed by atoms with Gasteiger partial charge in [-0.1, -0.05) is 51.0 Å². The number of amides is 3. The number of nitrogens with one attached hydrogen (secondary N) is 2. The minimum atomic E-state index is -0.743. The molecule has 0 bridgehead atoms. The Bertz CT molecular complexity index is 1070. The van der Waals surface area contributed by atoms with Crippen LogP contribution in [0.4, 0.5) is 16.2 Å². The van der Waals surface area contributed by atoms with Gasteiger partial charge in [0.25, 0.3) is 0 Å². The first-order valence-electron chi connectivity index (χ1n) is 17.2. The van der Waals surface area contributed by atoms with Crippen molar-refractivity contribution >= 4 is 36.1 Å². The maximum Gasteiger partial charge on any atom is 0.407 e. The van der Waals surface area contributed by atoms with Gasteiger partial charge in [-0.25, -0.2) is 4.79 Å². The van der Waals surface area contributed by atoms with E-state index in [0.717, 1.165) is 56.7 Å². The van der Waals surface area contributed by atoms with E-state index < -0.39 is 6.04 Å². The third kappa shape index (κ3) is 11.6. The van der Waals surface area contributed by atoms with E-state index in [0.29, 0.717) is 31.3 Å². The Morgan fingerprint density at radius 1 is 0.978 bits per heavy atom. The molecule has 3 atom stereocenters. The van der Waals surface area contributed by atoms with Gasteiger partial charge in [0.2, 0.25) is 12.3 Å². The molecule has 0 aliphatic carbocycles. The average Bonchev–Trinajstić information content (AvgIpc) is 3.67. The molecule has 2 aliphatic rings. The van der Waals surface area contributed by atoms with E-state index in [4.69, 9.17) is 4.74 Å². The number of unbranched alkanes of at least 4 members (excludes halogenated alkanes) is 8. The molecule has 45 heavy (non-hydrogen) atoms. The molecule has 252 valence electrons. The zero-order valence-electron chi connectivity index (χ0n) is 27.9. The topological polar surface area (TPSA) is 111 Å². The number of anilines is 2. The largest absolute Gasteiger partial charge is 0.448 e. The number of likely N-dealkylation sites (N-methyl/N-ethyl adjacent to an activating group) is 1. The highest BCUT2D eigenvalue weighted by Gasteiger charge is 2.37. The van der Waals surface area contributed by atoms with Crippen molar-refractivity contribution in [2.45, 2.75) is 121 Å². The average molecular weight is 628 g/mol. The molecule has 10 nitrogen and oxygen atoms in total. The third-order valence-electron chi connectivity index (χ3n) is 9.40. The number of aldehydes is 1. The predicted molar refractivity (Wildman–Crippen MR) is 180 cm³/mol. The predicted octanol–water partition coefficient (Wildman–Crippen LogP) is 5.22. The molecular formula is C35H57N5O5. The lowest BCUT2D eigenvalue weighted by Crippen LogP contribution is -2.46. The van der Waals surface area contributed by atoms with Crippen LogP contribution in [0, 0.1) is 0 Å². The quantitative estimate of drug-likeness (QED) is 0.134. The molecule has 10 heteroatoms. The zero-order valence-corrected chi connectivity index (χ0v) is 27.9. The lowest BCUT2D eigenvalue weighted by molar-refractivity contribution is -0.123. The maximum atomic E-state index is 12.5. The van der Waals surface area contributed by atoms with Crippen molar-refractivity contribution in [3.63, 3.8) is 0 Å². The van der Waals surface area contributed by atoms with Crippen molar-refractivity contribution in [2.75, 3.05) is 50.6 Å². The summed E-state index contributed by atoms with van der Waals surface area (Å²) in [6.45, 7) is 2.37. The molecule has 0 saturated carbocycles. The Morgan fingerprint density at radius 3 is 2.36 bits per heavy atom. The van der Waals surface area contributed by atoms with E-state index >= 15 is 0 Å². The van der Waals surface area contributed by atoms with Crippen molar-refractivity contribution < 1.29 is 23.9 Å². The summed E-state index contributed by atoms with van der Waals surface area (Å²) in [4.78, 5) is 53.5. The molecule has 3 amide bonds. The van der Waals surface area contributed by atoms with Crippen molar-refractivity contribution in [3.05, 3.63) is 23.8 Å². The summed E-state index contributed by atoms with van der Waals surface area (Å²) in [7, 11) is 5.39. The van der Waals surface area contributed by atoms with Crippen molar-refractivity contribution in [1.29, 1.82) is 0 Å². The third-order valence-corrected chi connectivity index (χ3v) is 9.40. The van der Waals surface area contributed by atoms with E-state index in [-0.39, 0.29) is 24.8 Å². The summed E-state index contributed by atoms with van der Waals surface area (Å²) >= 11 is 0. The Kier molecular flexibility index (Phi) is 16.2. The minimum absolute atomic E-state index is 0.201. The molecule has 2 fully saturated rings. The SMILES string of the molecule is CNC(=O)C(CCC=O)N(C=O)c1ccc(CCCCCCCCCCCNC(=O)OCC2CCC3CCCN32)cc1N(C)C. The van der Waals surface area contributed by atoms with Crippen LogP contribution in [0.1, 0.15) is 102 Å². The first-order valence-corrected chi connectivity index (χ1v) is 17.2. The molecule has 0 spiro atoms. The monoisotopic (exact) mass is 627 g/mol. The second kappa shape index (κ2) is 20.1. The lowest BCUT2D eigenvalue weighted by atomic mass is 10.0. The number of aryl methyl sites for hydroxylation is 1. The van der Waals surface area contributed by atoms with Crippen molar-refractivity contribution in [2.24, 2.45) is 0 Å². The van der Waals surface area contributed by atoms with E-state index in [2.05, 4.69) is 21.6 Å². The van der Waals surface area contributed by atoms with E-state index in [9.17, 15) is 19.2 Å². The number of carbonyl (C=O) groups excluding carboxylic acids is 4. The van der Waals surface area contributed by atoms with Gasteiger partial charge in [-0.2, -0.15) is 0 Å². The molecule has 1 aromatic rings. The molecule has 2 aliphatic heterocycles. The van der Waals surface area contributed by atoms with Gasteiger partial charge in [0.15, 0.2) is 0 Å². The van der Waals surface area contributed by atoms with E-state index in [1.54, 1.807) is 0 Å². The second-order valence-electron chi connectivity index (χ2n) is 12.8. The number of ether oxygens (including phenoxy) is 1. The van der Waals surface area contributed by atoms with Crippen LogP contribution in [0.2, 0.25) is 0 Å². The van der Waals surface area contributed by atoms with Crippen LogP contribution in [0.15, 0.2) is 18.2 Å². The molecule has 3 rings (SSSR count). The summed E-state index contributed by atoms with van der Waals surface area (Å²) < 4.78 is 5.49. The van der Waals surface area contributed by atoms with Gasteiger partial charge >= 0.3 is 6.09 Å². The number of nitrogens with zero attached hydrogens (tertiary/aromatic N) is 3. The summed E-state index contributed by atoms with van der Waals surface area (Å²) in [6.07, 6.45) is 18.1. The summed E-state index contributed by atoms with van der Waals surface area (Å²) in [6, 6.07) is 6.44. The summed E-state index contributed by atoms with van der Waals surface area (Å²) in [5, 5.41) is 5.53. The Morgan fingerprint density at radius 2 is 1.69 bits per heavy atom. The van der Waals surface area contributed by atoms with Crippen LogP contribution in [-0.2, 0) is 25.5 Å². The summed E-state index contributed by atoms with van der Waals surface area (Å²) in [5.74, 6) is -0.290. The summed E-state index contributed by atoms with van der Waals surface area (Å²) in [5.41, 5.74) is 2.73. The van der Waals surface area contributed by atoms with Crippen LogP contribution in [0.3, 0.4) is 0 Å². The van der Waals surface area contributed by atoms with Crippen LogP contribution in [-0.4, -0.2) is 88.6 Å². The van der Waals surface area contributed by atoms with Crippen LogP contribution < -0.4 is 20.4 Å². The Balaban J connectivity index is 1.25. The maximum absolute atomic E-state index is 12.5. The normalized spacial score (nSPS) is 18.2. The van der Waals surface area contributed by atoms with Gasteiger partial charge in [-0.3, -0.25) is 14.5 Å². The van der Waals surface area contributed by atoms with Gasteiger partial charge in [0.1, 0.15) is 18.9 Å². The Labute approximate surface area is 270 Å². The molecule has 1 aromatic carbocycles. The van der Waals surface area contributed by atoms with Crippen molar-refractivity contribution in [1.82, 2.24) is 15.5 Å². The smallest absolute Gasteiger partial charge is 0.407 e. The van der Waals surface area contributed by atoms with E-state index in [1.807, 2.05) is 31.1 Å².